The molecule has 2 aromatic carbocycles. The highest BCUT2D eigenvalue weighted by Gasteiger charge is 2.10. The second-order valence-electron chi connectivity index (χ2n) is 6.79. The van der Waals surface area contributed by atoms with Gasteiger partial charge in [0, 0.05) is 22.2 Å². The first-order valence-corrected chi connectivity index (χ1v) is 8.40. The second kappa shape index (κ2) is 6.25. The zero-order valence-corrected chi connectivity index (χ0v) is 15.3. The number of hydrogen-bond donors (Lipinski definition) is 2. The Morgan fingerprint density at radius 2 is 1.76 bits per heavy atom. The zero-order chi connectivity index (χ0) is 18.3. The third-order valence-corrected chi connectivity index (χ3v) is 4.94. The molecule has 0 aliphatic heterocycles. The number of hydrogen-bond acceptors (Lipinski definition) is 1. The molecule has 0 aliphatic carbocycles. The quantitative estimate of drug-likeness (QED) is 0.617. The molecular formula is C22H23NO2. The smallest absolute Gasteiger partial charge is 0.331 e. The molecule has 0 amide bonds. The molecule has 3 aromatic rings. The van der Waals surface area contributed by atoms with Crippen molar-refractivity contribution in [1.29, 1.82) is 0 Å². The molecule has 1 aromatic heterocycles. The van der Waals surface area contributed by atoms with Crippen LogP contribution in [0.25, 0.3) is 28.1 Å². The lowest BCUT2D eigenvalue weighted by Crippen LogP contribution is -1.97. The Bertz CT molecular complexity index is 1020. The predicted molar refractivity (Wildman–Crippen MR) is 104 cm³/mol. The summed E-state index contributed by atoms with van der Waals surface area (Å²) in [5.74, 6) is -0.884. The number of carboxylic acid groups (broad SMARTS) is 1. The molecule has 3 nitrogen and oxygen atoms in total. The van der Waals surface area contributed by atoms with Crippen LogP contribution in [-0.4, -0.2) is 16.1 Å². The molecule has 0 aliphatic rings. The van der Waals surface area contributed by atoms with Crippen LogP contribution < -0.4 is 0 Å². The van der Waals surface area contributed by atoms with E-state index in [4.69, 9.17) is 5.11 Å². The Balaban J connectivity index is 2.12. The number of carboxylic acids is 1. The summed E-state index contributed by atoms with van der Waals surface area (Å²) in [5, 5.41) is 10.3. The van der Waals surface area contributed by atoms with Gasteiger partial charge in [-0.25, -0.2) is 4.79 Å². The van der Waals surface area contributed by atoms with Gasteiger partial charge in [0.1, 0.15) is 0 Å². The van der Waals surface area contributed by atoms with Crippen LogP contribution in [0, 0.1) is 27.7 Å². The summed E-state index contributed by atoms with van der Waals surface area (Å²) in [6.45, 7) is 9.95. The highest BCUT2D eigenvalue weighted by Crippen LogP contribution is 2.31. The van der Waals surface area contributed by atoms with Gasteiger partial charge in [-0.15, -0.1) is 0 Å². The summed E-state index contributed by atoms with van der Waals surface area (Å²) in [4.78, 5) is 14.5. The number of benzene rings is 2. The summed E-state index contributed by atoms with van der Waals surface area (Å²) in [7, 11) is 0. The SMILES string of the molecule is C/C(=C\c1cc(C)c(-c2ccc3[nH]c(C)c(C)c3c2)cc1C)C(=O)O. The number of aliphatic carboxylic acids is 1. The number of H-pyrrole nitrogens is 1. The molecule has 25 heavy (non-hydrogen) atoms. The summed E-state index contributed by atoms with van der Waals surface area (Å²) >= 11 is 0. The molecule has 3 heteroatoms. The monoisotopic (exact) mass is 333 g/mol. The number of aromatic amines is 1. The van der Waals surface area contributed by atoms with Crippen LogP contribution in [0.3, 0.4) is 0 Å². The van der Waals surface area contributed by atoms with Gasteiger partial charge in [0.25, 0.3) is 0 Å². The van der Waals surface area contributed by atoms with Crippen molar-refractivity contribution in [1.82, 2.24) is 4.98 Å². The molecule has 0 spiro atoms. The topological polar surface area (TPSA) is 53.1 Å². The number of nitrogens with one attached hydrogen (secondary N) is 1. The van der Waals surface area contributed by atoms with Gasteiger partial charge < -0.3 is 10.1 Å². The first kappa shape index (κ1) is 17.0. The van der Waals surface area contributed by atoms with Gasteiger partial charge in [0.05, 0.1) is 0 Å². The Kier molecular flexibility index (Phi) is 4.25. The largest absolute Gasteiger partial charge is 0.478 e. The molecule has 1 heterocycles. The molecule has 0 saturated heterocycles. The number of carbonyl (C=O) groups is 1. The van der Waals surface area contributed by atoms with E-state index in [9.17, 15) is 4.79 Å². The maximum absolute atomic E-state index is 11.1. The number of aryl methyl sites for hydroxylation is 4. The molecule has 2 N–H and O–H groups in total. The van der Waals surface area contributed by atoms with Crippen molar-refractivity contribution in [3.8, 4) is 11.1 Å². The van der Waals surface area contributed by atoms with Crippen LogP contribution in [0.5, 0.6) is 0 Å². The zero-order valence-electron chi connectivity index (χ0n) is 15.3. The van der Waals surface area contributed by atoms with Crippen molar-refractivity contribution in [3.63, 3.8) is 0 Å². The van der Waals surface area contributed by atoms with E-state index in [2.05, 4.69) is 56.1 Å². The van der Waals surface area contributed by atoms with Gasteiger partial charge in [-0.2, -0.15) is 0 Å². The fraction of sp³-hybridized carbons (Fsp3) is 0.227. The van der Waals surface area contributed by atoms with Crippen molar-refractivity contribution < 1.29 is 9.90 Å². The van der Waals surface area contributed by atoms with Gasteiger partial charge in [-0.1, -0.05) is 18.2 Å². The van der Waals surface area contributed by atoms with Gasteiger partial charge >= 0.3 is 5.97 Å². The molecule has 128 valence electrons. The lowest BCUT2D eigenvalue weighted by Gasteiger charge is -2.11. The van der Waals surface area contributed by atoms with Crippen LogP contribution in [0.2, 0.25) is 0 Å². The van der Waals surface area contributed by atoms with Crippen LogP contribution in [0.4, 0.5) is 0 Å². The van der Waals surface area contributed by atoms with Crippen molar-refractivity contribution in [2.45, 2.75) is 34.6 Å². The van der Waals surface area contributed by atoms with E-state index in [-0.39, 0.29) is 0 Å². The Morgan fingerprint density at radius 1 is 1.04 bits per heavy atom. The van der Waals surface area contributed by atoms with Gasteiger partial charge in [-0.3, -0.25) is 0 Å². The van der Waals surface area contributed by atoms with Gasteiger partial charge in [0.2, 0.25) is 0 Å². The van der Waals surface area contributed by atoms with E-state index < -0.39 is 5.97 Å². The fourth-order valence-electron chi connectivity index (χ4n) is 3.23. The summed E-state index contributed by atoms with van der Waals surface area (Å²) in [6, 6.07) is 10.7. The van der Waals surface area contributed by atoms with Crippen LogP contribution >= 0.6 is 0 Å². The molecule has 0 atom stereocenters. The number of aromatic nitrogens is 1. The Morgan fingerprint density at radius 3 is 2.44 bits per heavy atom. The molecule has 0 fully saturated rings. The molecular weight excluding hydrogens is 310 g/mol. The van der Waals surface area contributed by atoms with E-state index >= 15 is 0 Å². The van der Waals surface area contributed by atoms with Crippen molar-refractivity contribution in [3.05, 3.63) is 63.9 Å². The predicted octanol–water partition coefficient (Wildman–Crippen LogP) is 5.56. The summed E-state index contributed by atoms with van der Waals surface area (Å²) in [6.07, 6.45) is 1.73. The Hall–Kier alpha value is -2.81. The molecule has 0 saturated carbocycles. The first-order valence-electron chi connectivity index (χ1n) is 8.40. The molecule has 0 bridgehead atoms. The minimum atomic E-state index is -0.884. The average molecular weight is 333 g/mol. The average Bonchev–Trinajstić information content (AvgIpc) is 2.84. The third kappa shape index (κ3) is 3.10. The van der Waals surface area contributed by atoms with E-state index in [1.807, 2.05) is 6.92 Å². The highest BCUT2D eigenvalue weighted by atomic mass is 16.4. The lowest BCUT2D eigenvalue weighted by molar-refractivity contribution is -0.132. The van der Waals surface area contributed by atoms with Crippen molar-refractivity contribution in [2.24, 2.45) is 0 Å². The van der Waals surface area contributed by atoms with E-state index in [0.29, 0.717) is 5.57 Å². The van der Waals surface area contributed by atoms with Crippen LogP contribution in [0.1, 0.15) is 34.9 Å². The minimum Gasteiger partial charge on any atom is -0.478 e. The standard InChI is InChI=1S/C22H23NO2/c1-12-10-19(13(2)8-18(12)9-14(3)22(24)25)17-6-7-21-20(11-17)15(4)16(5)23-21/h6-11,23H,1-5H3,(H,24,25)/b14-9+. The summed E-state index contributed by atoms with van der Waals surface area (Å²) in [5.41, 5.74) is 9.51. The van der Waals surface area contributed by atoms with E-state index in [1.54, 1.807) is 13.0 Å². The second-order valence-corrected chi connectivity index (χ2v) is 6.79. The highest BCUT2D eigenvalue weighted by molar-refractivity contribution is 5.92. The molecule has 0 unspecified atom stereocenters. The van der Waals surface area contributed by atoms with Crippen molar-refractivity contribution >= 4 is 22.9 Å². The van der Waals surface area contributed by atoms with Gasteiger partial charge in [0.15, 0.2) is 0 Å². The van der Waals surface area contributed by atoms with Gasteiger partial charge in [-0.05, 0) is 86.2 Å². The third-order valence-electron chi connectivity index (χ3n) is 4.94. The fourth-order valence-corrected chi connectivity index (χ4v) is 3.23. The number of fused-ring (bicyclic) bond motifs is 1. The number of rotatable bonds is 3. The van der Waals surface area contributed by atoms with E-state index in [0.717, 1.165) is 22.2 Å². The summed E-state index contributed by atoms with van der Waals surface area (Å²) < 4.78 is 0. The van der Waals surface area contributed by atoms with E-state index in [1.165, 1.54) is 27.8 Å². The molecule has 3 rings (SSSR count). The lowest BCUT2D eigenvalue weighted by atomic mass is 9.93. The maximum atomic E-state index is 11.1. The van der Waals surface area contributed by atoms with Crippen molar-refractivity contribution in [2.75, 3.05) is 0 Å². The van der Waals surface area contributed by atoms with Crippen LogP contribution in [0.15, 0.2) is 35.9 Å². The molecule has 0 radical (unpaired) electrons. The van der Waals surface area contributed by atoms with Crippen LogP contribution in [-0.2, 0) is 4.79 Å². The Labute approximate surface area is 148 Å². The normalized spacial score (nSPS) is 12.0. The first-order chi connectivity index (χ1) is 11.8. The maximum Gasteiger partial charge on any atom is 0.331 e. The minimum absolute atomic E-state index is 0.343.